The second-order valence-corrected chi connectivity index (χ2v) is 7.95. The molecule has 0 saturated carbocycles. The number of benzene rings is 1. The molecule has 2 aromatic heterocycles. The van der Waals surface area contributed by atoms with Gasteiger partial charge in [-0.25, -0.2) is 9.78 Å². The van der Waals surface area contributed by atoms with Gasteiger partial charge in [-0.2, -0.15) is 9.61 Å². The molecule has 0 radical (unpaired) electrons. The van der Waals surface area contributed by atoms with Gasteiger partial charge in [0.2, 0.25) is 4.96 Å². The average molecular weight is 398 g/mol. The minimum absolute atomic E-state index is 0.101. The second-order valence-electron chi connectivity index (χ2n) is 6.96. The number of nitrogens with zero attached hydrogens (tertiary/aromatic N) is 4. The number of amides is 2. The first-order valence-corrected chi connectivity index (χ1v) is 10.4. The zero-order valence-corrected chi connectivity index (χ0v) is 16.8. The van der Waals surface area contributed by atoms with Crippen molar-refractivity contribution in [2.75, 3.05) is 6.54 Å². The molecule has 1 fully saturated rings. The first-order chi connectivity index (χ1) is 13.6. The normalized spacial score (nSPS) is 16.6. The molecule has 4 rings (SSSR count). The van der Waals surface area contributed by atoms with Gasteiger partial charge in [0.05, 0.1) is 6.04 Å². The van der Waals surface area contributed by atoms with Crippen molar-refractivity contribution in [3.8, 4) is 0 Å². The van der Waals surface area contributed by atoms with E-state index < -0.39 is 0 Å². The highest BCUT2D eigenvalue weighted by atomic mass is 32.1. The Kier molecular flexibility index (Phi) is 5.13. The lowest BCUT2D eigenvalue weighted by Crippen LogP contribution is -2.39. The van der Waals surface area contributed by atoms with Gasteiger partial charge in [0.15, 0.2) is 0 Å². The summed E-state index contributed by atoms with van der Waals surface area (Å²) in [7, 11) is 0. The Labute approximate surface area is 167 Å². The number of hydrogen-bond acceptors (Lipinski definition) is 5. The maximum absolute atomic E-state index is 12.7. The summed E-state index contributed by atoms with van der Waals surface area (Å²) >= 11 is 1.40. The van der Waals surface area contributed by atoms with Gasteiger partial charge in [-0.15, -0.1) is 0 Å². The van der Waals surface area contributed by atoms with Gasteiger partial charge in [-0.05, 0) is 31.7 Å². The minimum Gasteiger partial charge on any atom is -0.334 e. The summed E-state index contributed by atoms with van der Waals surface area (Å²) in [5.74, 6) is 0. The van der Waals surface area contributed by atoms with Crippen molar-refractivity contribution in [2.45, 2.75) is 45.7 Å². The summed E-state index contributed by atoms with van der Waals surface area (Å²) in [5.41, 5.74) is 2.40. The number of aromatic nitrogens is 3. The van der Waals surface area contributed by atoms with Crippen LogP contribution in [0.5, 0.6) is 0 Å². The number of urea groups is 1. The van der Waals surface area contributed by atoms with Crippen molar-refractivity contribution in [3.63, 3.8) is 0 Å². The third-order valence-corrected chi connectivity index (χ3v) is 6.17. The molecular weight excluding hydrogens is 374 g/mol. The van der Waals surface area contributed by atoms with E-state index in [0.29, 0.717) is 30.0 Å². The van der Waals surface area contributed by atoms with Crippen LogP contribution in [0.3, 0.4) is 0 Å². The van der Waals surface area contributed by atoms with E-state index in [1.165, 1.54) is 15.9 Å². The van der Waals surface area contributed by atoms with E-state index in [4.69, 9.17) is 0 Å². The quantitative estimate of drug-likeness (QED) is 0.734. The van der Waals surface area contributed by atoms with Crippen LogP contribution >= 0.6 is 11.3 Å². The lowest BCUT2D eigenvalue weighted by atomic mass is 10.2. The fourth-order valence-corrected chi connectivity index (χ4v) is 4.76. The number of carbonyl (C=O) groups is 1. The van der Waals surface area contributed by atoms with Crippen LogP contribution in [0.4, 0.5) is 4.79 Å². The molecule has 1 aliphatic rings. The van der Waals surface area contributed by atoms with Gasteiger partial charge in [0.1, 0.15) is 5.01 Å². The number of rotatable bonds is 4. The Morgan fingerprint density at radius 1 is 1.32 bits per heavy atom. The molecule has 3 aromatic rings. The van der Waals surface area contributed by atoms with Crippen LogP contribution in [-0.4, -0.2) is 32.1 Å². The Hall–Kier alpha value is -2.74. The fourth-order valence-electron chi connectivity index (χ4n) is 3.68. The van der Waals surface area contributed by atoms with E-state index in [2.05, 4.69) is 15.4 Å². The molecule has 1 aliphatic heterocycles. The van der Waals surface area contributed by atoms with E-state index in [1.807, 2.05) is 49.1 Å². The highest BCUT2D eigenvalue weighted by molar-refractivity contribution is 7.16. The maximum atomic E-state index is 12.7. The van der Waals surface area contributed by atoms with Crippen molar-refractivity contribution in [3.05, 3.63) is 62.5 Å². The van der Waals surface area contributed by atoms with Crippen LogP contribution in [0.1, 0.15) is 47.6 Å². The number of aryl methyl sites for hydroxylation is 1. The largest absolute Gasteiger partial charge is 0.334 e. The third kappa shape index (κ3) is 3.40. The monoisotopic (exact) mass is 397 g/mol. The van der Waals surface area contributed by atoms with Crippen molar-refractivity contribution in [1.82, 2.24) is 24.8 Å². The van der Waals surface area contributed by atoms with Crippen LogP contribution in [0, 0.1) is 6.92 Å². The summed E-state index contributed by atoms with van der Waals surface area (Å²) in [4.78, 5) is 32.4. The summed E-state index contributed by atoms with van der Waals surface area (Å²) < 4.78 is 1.39. The van der Waals surface area contributed by atoms with Crippen molar-refractivity contribution >= 4 is 22.3 Å². The van der Waals surface area contributed by atoms with Crippen molar-refractivity contribution in [1.29, 1.82) is 0 Å². The molecule has 7 nitrogen and oxygen atoms in total. The number of hydrogen-bond donors (Lipinski definition) is 1. The van der Waals surface area contributed by atoms with E-state index in [-0.39, 0.29) is 17.6 Å². The molecule has 2 amide bonds. The van der Waals surface area contributed by atoms with Gasteiger partial charge in [0.25, 0.3) is 5.56 Å². The smallest absolute Gasteiger partial charge is 0.318 e. The molecule has 0 bridgehead atoms. The second kappa shape index (κ2) is 7.71. The molecule has 1 N–H and O–H groups in total. The molecular formula is C20H23N5O2S. The van der Waals surface area contributed by atoms with Gasteiger partial charge in [-0.3, -0.25) is 4.79 Å². The first kappa shape index (κ1) is 18.6. The van der Waals surface area contributed by atoms with Gasteiger partial charge < -0.3 is 10.2 Å². The highest BCUT2D eigenvalue weighted by Gasteiger charge is 2.33. The Balaban J connectivity index is 1.57. The molecule has 3 heterocycles. The number of likely N-dealkylation sites (tertiary alicyclic amines) is 1. The number of fused-ring (bicyclic) bond motifs is 1. The van der Waals surface area contributed by atoms with E-state index in [1.54, 1.807) is 0 Å². The average Bonchev–Trinajstić information content (AvgIpc) is 3.34. The molecule has 1 atom stereocenters. The zero-order chi connectivity index (χ0) is 19.7. The molecule has 1 unspecified atom stereocenters. The van der Waals surface area contributed by atoms with Gasteiger partial charge >= 0.3 is 6.03 Å². The lowest BCUT2D eigenvalue weighted by molar-refractivity contribution is 0.192. The highest BCUT2D eigenvalue weighted by Crippen LogP contribution is 2.34. The zero-order valence-electron chi connectivity index (χ0n) is 16.0. The van der Waals surface area contributed by atoms with Crippen LogP contribution in [0.25, 0.3) is 4.96 Å². The molecule has 8 heteroatoms. The summed E-state index contributed by atoms with van der Waals surface area (Å²) in [6.45, 7) is 4.98. The van der Waals surface area contributed by atoms with Gasteiger partial charge in [-0.1, -0.05) is 48.6 Å². The fraction of sp³-hybridized carbons (Fsp3) is 0.400. The lowest BCUT2D eigenvalue weighted by Gasteiger charge is -2.23. The molecule has 1 saturated heterocycles. The molecule has 28 heavy (non-hydrogen) atoms. The molecule has 0 aliphatic carbocycles. The van der Waals surface area contributed by atoms with Crippen LogP contribution in [0.2, 0.25) is 0 Å². The Morgan fingerprint density at radius 3 is 2.86 bits per heavy atom. The van der Waals surface area contributed by atoms with Crippen molar-refractivity contribution < 1.29 is 4.79 Å². The summed E-state index contributed by atoms with van der Waals surface area (Å²) in [6.07, 6.45) is 2.39. The van der Waals surface area contributed by atoms with E-state index in [9.17, 15) is 9.59 Å². The standard InChI is InChI=1S/C20H23N5O2S/c1-3-15-13(2)22-20-25(18(15)26)23-17(28-20)16-10-7-11-24(16)19(27)21-12-14-8-5-4-6-9-14/h4-6,8-9,16H,3,7,10-12H2,1-2H3,(H,21,27). The number of carbonyl (C=O) groups excluding carboxylic acids is 1. The molecule has 146 valence electrons. The van der Waals surface area contributed by atoms with Crippen LogP contribution in [0.15, 0.2) is 35.1 Å². The van der Waals surface area contributed by atoms with E-state index in [0.717, 1.165) is 29.1 Å². The summed E-state index contributed by atoms with van der Waals surface area (Å²) in [6, 6.07) is 9.62. The molecule has 0 spiro atoms. The van der Waals surface area contributed by atoms with Crippen LogP contribution in [-0.2, 0) is 13.0 Å². The molecule has 1 aromatic carbocycles. The predicted octanol–water partition coefficient (Wildman–Crippen LogP) is 3.07. The number of nitrogens with one attached hydrogen (secondary N) is 1. The predicted molar refractivity (Wildman–Crippen MR) is 109 cm³/mol. The van der Waals surface area contributed by atoms with E-state index >= 15 is 0 Å². The summed E-state index contributed by atoms with van der Waals surface area (Å²) in [5, 5.41) is 8.29. The SMILES string of the molecule is CCc1c(C)nc2sc(C3CCCN3C(=O)NCc3ccccc3)nn2c1=O. The Morgan fingerprint density at radius 2 is 2.11 bits per heavy atom. The van der Waals surface area contributed by atoms with Gasteiger partial charge in [0, 0.05) is 24.3 Å². The van der Waals surface area contributed by atoms with Crippen LogP contribution < -0.4 is 10.9 Å². The first-order valence-electron chi connectivity index (χ1n) is 9.56. The topological polar surface area (TPSA) is 79.6 Å². The minimum atomic E-state index is -0.118. The third-order valence-electron chi connectivity index (χ3n) is 5.17. The maximum Gasteiger partial charge on any atom is 0.318 e. The Bertz CT molecular complexity index is 1060. The van der Waals surface area contributed by atoms with Crippen molar-refractivity contribution in [2.24, 2.45) is 0 Å².